The molecule has 1 saturated carbocycles. The molecule has 0 aliphatic heterocycles. The number of hydrogen-bond acceptors (Lipinski definition) is 2. The molecule has 0 spiro atoms. The second kappa shape index (κ2) is 4.16. The maximum absolute atomic E-state index is 10.2. The van der Waals surface area contributed by atoms with Crippen molar-refractivity contribution in [1.29, 1.82) is 0 Å². The third-order valence-electron chi connectivity index (χ3n) is 2.00. The summed E-state index contributed by atoms with van der Waals surface area (Å²) in [7, 11) is 0. The minimum absolute atomic E-state index is 0.251. The van der Waals surface area contributed by atoms with E-state index in [0.29, 0.717) is 6.29 Å². The lowest BCUT2D eigenvalue weighted by atomic mass is 9.98. The largest absolute Gasteiger partial charge is 0.488 e. The van der Waals surface area contributed by atoms with Gasteiger partial charge in [0, 0.05) is 0 Å². The molecule has 1 fully saturated rings. The van der Waals surface area contributed by atoms with Crippen LogP contribution in [0.15, 0.2) is 12.3 Å². The molecule has 0 bridgehead atoms. The lowest BCUT2D eigenvalue weighted by molar-refractivity contribution is -0.109. The van der Waals surface area contributed by atoms with E-state index < -0.39 is 0 Å². The molecule has 1 aliphatic carbocycles. The van der Waals surface area contributed by atoms with Crippen LogP contribution in [0, 0.1) is 0 Å². The number of allylic oxidation sites excluding steroid dienone is 1. The summed E-state index contributed by atoms with van der Waals surface area (Å²) in [5.74, 6) is 0.275. The maximum atomic E-state index is 10.2. The number of hydrogen-bond donors (Lipinski definition) is 0. The van der Waals surface area contributed by atoms with E-state index in [9.17, 15) is 4.79 Å². The van der Waals surface area contributed by atoms with Gasteiger partial charge >= 0.3 is 0 Å². The van der Waals surface area contributed by atoms with E-state index in [-0.39, 0.29) is 11.9 Å². The molecule has 0 atom stereocenters. The first kappa shape index (κ1) is 8.31. The van der Waals surface area contributed by atoms with Crippen LogP contribution in [0.25, 0.3) is 0 Å². The van der Waals surface area contributed by atoms with Crippen LogP contribution in [-0.4, -0.2) is 12.4 Å². The molecule has 0 N–H and O–H groups in total. The van der Waals surface area contributed by atoms with E-state index in [1.165, 1.54) is 19.3 Å². The summed E-state index contributed by atoms with van der Waals surface area (Å²) >= 11 is 0. The Bertz CT molecular complexity index is 146. The maximum Gasteiger partial charge on any atom is 0.184 e. The van der Waals surface area contributed by atoms with Gasteiger partial charge in [-0.3, -0.25) is 4.79 Å². The quantitative estimate of drug-likeness (QED) is 0.353. The van der Waals surface area contributed by atoms with Gasteiger partial charge in [-0.05, 0) is 25.7 Å². The molecule has 0 radical (unpaired) electrons. The molecular weight excluding hydrogens is 140 g/mol. The fourth-order valence-electron chi connectivity index (χ4n) is 1.42. The normalized spacial score (nSPS) is 19.3. The van der Waals surface area contributed by atoms with Crippen LogP contribution >= 0.6 is 0 Å². The molecule has 0 saturated heterocycles. The van der Waals surface area contributed by atoms with Crippen molar-refractivity contribution in [3.05, 3.63) is 12.3 Å². The van der Waals surface area contributed by atoms with E-state index in [0.717, 1.165) is 12.8 Å². The summed E-state index contributed by atoms with van der Waals surface area (Å²) in [4.78, 5) is 10.2. The molecule has 0 aromatic heterocycles. The van der Waals surface area contributed by atoms with Crippen molar-refractivity contribution in [2.75, 3.05) is 0 Å². The summed E-state index contributed by atoms with van der Waals surface area (Å²) in [5, 5.41) is 0. The number of carbonyl (C=O) groups excluding carboxylic acids is 1. The first-order valence-electron chi connectivity index (χ1n) is 4.13. The van der Waals surface area contributed by atoms with Gasteiger partial charge in [0.1, 0.15) is 0 Å². The fraction of sp³-hybridized carbons (Fsp3) is 0.667. The van der Waals surface area contributed by atoms with Crippen LogP contribution in [0.1, 0.15) is 32.1 Å². The second-order valence-corrected chi connectivity index (χ2v) is 2.96. The summed E-state index contributed by atoms with van der Waals surface area (Å²) in [6, 6.07) is 0. The zero-order valence-electron chi connectivity index (χ0n) is 6.71. The van der Waals surface area contributed by atoms with Gasteiger partial charge in [-0.2, -0.15) is 0 Å². The number of rotatable bonds is 3. The Hall–Kier alpha value is -0.790. The van der Waals surface area contributed by atoms with E-state index in [1.54, 1.807) is 0 Å². The van der Waals surface area contributed by atoms with Crippen molar-refractivity contribution in [1.82, 2.24) is 0 Å². The van der Waals surface area contributed by atoms with Crippen molar-refractivity contribution in [3.63, 3.8) is 0 Å². The third-order valence-corrected chi connectivity index (χ3v) is 2.00. The molecule has 2 heteroatoms. The van der Waals surface area contributed by atoms with Crippen molar-refractivity contribution in [2.24, 2.45) is 0 Å². The average molecular weight is 154 g/mol. The zero-order valence-corrected chi connectivity index (χ0v) is 6.71. The number of ether oxygens (including phenoxy) is 1. The second-order valence-electron chi connectivity index (χ2n) is 2.96. The van der Waals surface area contributed by atoms with Crippen molar-refractivity contribution in [3.8, 4) is 0 Å². The lowest BCUT2D eigenvalue weighted by Gasteiger charge is -2.22. The summed E-state index contributed by atoms with van der Waals surface area (Å²) in [6.45, 7) is 3.48. The first-order chi connectivity index (χ1) is 5.33. The zero-order chi connectivity index (χ0) is 8.10. The topological polar surface area (TPSA) is 26.3 Å². The van der Waals surface area contributed by atoms with Gasteiger partial charge in [0.05, 0.1) is 6.10 Å². The monoisotopic (exact) mass is 154 g/mol. The molecule has 1 rings (SSSR count). The number of aldehydes is 1. The summed E-state index contributed by atoms with van der Waals surface area (Å²) in [5.41, 5.74) is 0. The van der Waals surface area contributed by atoms with Crippen LogP contribution in [-0.2, 0) is 9.53 Å². The van der Waals surface area contributed by atoms with Gasteiger partial charge in [-0.15, -0.1) is 0 Å². The Morgan fingerprint density at radius 3 is 2.55 bits per heavy atom. The summed E-state index contributed by atoms with van der Waals surface area (Å²) in [6.07, 6.45) is 6.82. The average Bonchev–Trinajstić information content (AvgIpc) is 2.06. The molecule has 0 aromatic carbocycles. The fourth-order valence-corrected chi connectivity index (χ4v) is 1.42. The lowest BCUT2D eigenvalue weighted by Crippen LogP contribution is -2.16. The standard InChI is InChI=1S/C9H14O2/c1-8(7-10)11-9-5-3-2-4-6-9/h7,9H,1-6H2. The van der Waals surface area contributed by atoms with E-state index in [1.807, 2.05) is 0 Å². The smallest absolute Gasteiger partial charge is 0.184 e. The highest BCUT2D eigenvalue weighted by Crippen LogP contribution is 2.21. The van der Waals surface area contributed by atoms with Crippen molar-refractivity contribution in [2.45, 2.75) is 38.2 Å². The van der Waals surface area contributed by atoms with Crippen LogP contribution in [0.3, 0.4) is 0 Å². The van der Waals surface area contributed by atoms with Gasteiger partial charge < -0.3 is 4.74 Å². The van der Waals surface area contributed by atoms with E-state index in [4.69, 9.17) is 4.74 Å². The molecule has 0 aromatic rings. The molecule has 1 aliphatic rings. The molecule has 11 heavy (non-hydrogen) atoms. The molecule has 2 nitrogen and oxygen atoms in total. The van der Waals surface area contributed by atoms with Gasteiger partial charge in [-0.25, -0.2) is 0 Å². The number of carbonyl (C=O) groups is 1. The van der Waals surface area contributed by atoms with Gasteiger partial charge in [-0.1, -0.05) is 13.0 Å². The highest BCUT2D eigenvalue weighted by Gasteiger charge is 2.14. The predicted molar refractivity (Wildman–Crippen MR) is 43.2 cm³/mol. The molecular formula is C9H14O2. The van der Waals surface area contributed by atoms with Gasteiger partial charge in [0.2, 0.25) is 0 Å². The van der Waals surface area contributed by atoms with Gasteiger partial charge in [0.25, 0.3) is 0 Å². The molecule has 0 amide bonds. The highest BCUT2D eigenvalue weighted by molar-refractivity contribution is 5.68. The Labute approximate surface area is 67.2 Å². The Kier molecular flexibility index (Phi) is 3.14. The predicted octanol–water partition coefficient (Wildman–Crippen LogP) is 2.05. The SMILES string of the molecule is C=C(C=O)OC1CCCCC1. The van der Waals surface area contributed by atoms with Crippen LogP contribution < -0.4 is 0 Å². The first-order valence-corrected chi connectivity index (χ1v) is 4.13. The Balaban J connectivity index is 2.24. The van der Waals surface area contributed by atoms with Crippen molar-refractivity contribution >= 4 is 6.29 Å². The van der Waals surface area contributed by atoms with Crippen LogP contribution in [0.5, 0.6) is 0 Å². The molecule has 0 heterocycles. The van der Waals surface area contributed by atoms with Crippen LogP contribution in [0.2, 0.25) is 0 Å². The minimum Gasteiger partial charge on any atom is -0.488 e. The van der Waals surface area contributed by atoms with E-state index >= 15 is 0 Å². The molecule has 62 valence electrons. The molecule has 0 unspecified atom stereocenters. The minimum atomic E-state index is 0.251. The van der Waals surface area contributed by atoms with E-state index in [2.05, 4.69) is 6.58 Å². The van der Waals surface area contributed by atoms with Crippen molar-refractivity contribution < 1.29 is 9.53 Å². The Morgan fingerprint density at radius 2 is 2.00 bits per heavy atom. The Morgan fingerprint density at radius 1 is 1.36 bits per heavy atom. The van der Waals surface area contributed by atoms with Gasteiger partial charge in [0.15, 0.2) is 12.0 Å². The van der Waals surface area contributed by atoms with Crippen LogP contribution in [0.4, 0.5) is 0 Å². The highest BCUT2D eigenvalue weighted by atomic mass is 16.5. The third kappa shape index (κ3) is 2.74. The summed E-state index contributed by atoms with van der Waals surface area (Å²) < 4.78 is 5.28.